The first-order chi connectivity index (χ1) is 24.5. The van der Waals surface area contributed by atoms with Crippen LogP contribution in [0.3, 0.4) is 0 Å². The summed E-state index contributed by atoms with van der Waals surface area (Å²) < 4.78 is 62.2. The number of nitrogens with zero attached hydrogens (tertiary/aromatic N) is 6. The summed E-state index contributed by atoms with van der Waals surface area (Å²) in [5.74, 6) is 0.369. The van der Waals surface area contributed by atoms with Crippen molar-refractivity contribution in [3.05, 3.63) is 58.2 Å². The number of methoxy groups -OCH3 is 1. The van der Waals surface area contributed by atoms with E-state index >= 15 is 4.39 Å². The molecule has 5 heterocycles. The quantitative estimate of drug-likeness (QED) is 0.174. The molecule has 0 aliphatic carbocycles. The van der Waals surface area contributed by atoms with Gasteiger partial charge in [-0.1, -0.05) is 30.7 Å². The molecule has 51 heavy (non-hydrogen) atoms. The Kier molecular flexibility index (Phi) is 11.9. The van der Waals surface area contributed by atoms with Crippen molar-refractivity contribution < 1.29 is 27.0 Å². The van der Waals surface area contributed by atoms with E-state index in [2.05, 4.69) is 33.8 Å². The van der Waals surface area contributed by atoms with Crippen LogP contribution in [0.1, 0.15) is 43.9 Å². The molecule has 1 unspecified atom stereocenters. The molecule has 5 aromatic rings. The smallest absolute Gasteiger partial charge is 0.318 e. The number of pyridine rings is 1. The number of hydrogen-bond donors (Lipinski definition) is 2. The number of thiophene rings is 1. The van der Waals surface area contributed by atoms with Gasteiger partial charge in [0.1, 0.15) is 40.6 Å². The molecular weight excluding hydrogens is 708 g/mol. The Bertz CT molecular complexity index is 2090. The number of hydrogen-bond acceptors (Lipinski definition) is 11. The minimum Gasteiger partial charge on any atom is -0.489 e. The molecule has 0 amide bonds. The molecule has 0 saturated carbocycles. The average Bonchev–Trinajstić information content (AvgIpc) is 3.33. The van der Waals surface area contributed by atoms with E-state index in [0.717, 1.165) is 22.8 Å². The standard InChI is InChI=1S/C27H20ClF2N7O2S.C7H15N.CH2F2/c1-11(12-4-3-7-34-24(12)32)37-8-9-39-22-18-21(35-27(38-2)36-26(18)37)20(30)17(19(22)28)13-5-6-15(29)23-16(13)14(10-31)25(33)40-23;1-7-4-3-5-8(2)6-7;2-1-3/h3-7,11H,8-9,33H2,1-2H3,(H2,32,34);7H,3-6H2,1-2H3;1H2/t11-;;/m1../s1. The number of piperidine rings is 1. The zero-order valence-corrected chi connectivity index (χ0v) is 30.0. The maximum Gasteiger partial charge on any atom is 0.318 e. The Morgan fingerprint density at radius 3 is 2.55 bits per heavy atom. The van der Waals surface area contributed by atoms with Crippen LogP contribution in [-0.4, -0.2) is 67.2 Å². The van der Waals surface area contributed by atoms with Gasteiger partial charge in [-0.15, -0.1) is 11.3 Å². The molecule has 10 nitrogen and oxygen atoms in total. The molecule has 16 heteroatoms. The highest BCUT2D eigenvalue weighted by atomic mass is 35.5. The molecule has 3 aromatic heterocycles. The number of nitrogens with two attached hydrogens (primary N) is 2. The van der Waals surface area contributed by atoms with E-state index in [1.165, 1.54) is 45.2 Å². The van der Waals surface area contributed by atoms with Crippen molar-refractivity contribution in [2.45, 2.75) is 32.7 Å². The number of rotatable bonds is 4. The summed E-state index contributed by atoms with van der Waals surface area (Å²) in [5, 5.41) is 10.2. The minimum absolute atomic E-state index is 0.0341. The third-order valence-corrected chi connectivity index (χ3v) is 10.2. The number of halogens is 5. The molecule has 2 aliphatic heterocycles. The first-order valence-electron chi connectivity index (χ1n) is 16.0. The van der Waals surface area contributed by atoms with E-state index in [4.69, 9.17) is 32.5 Å². The maximum absolute atomic E-state index is 16.6. The van der Waals surface area contributed by atoms with Crippen LogP contribution in [0.4, 0.5) is 34.2 Å². The molecule has 2 aliphatic rings. The first-order valence-corrected chi connectivity index (χ1v) is 17.2. The van der Waals surface area contributed by atoms with E-state index in [9.17, 15) is 18.4 Å². The number of alkyl halides is 2. The van der Waals surface area contributed by atoms with Crippen LogP contribution in [0, 0.1) is 28.9 Å². The lowest BCUT2D eigenvalue weighted by Gasteiger charge is -2.30. The van der Waals surface area contributed by atoms with Gasteiger partial charge in [0.15, 0.2) is 11.6 Å². The normalized spacial score (nSPS) is 16.2. The summed E-state index contributed by atoms with van der Waals surface area (Å²) in [5.41, 5.74) is 12.9. The minimum atomic E-state index is -1.75. The fourth-order valence-electron chi connectivity index (χ4n) is 6.52. The second-order valence-electron chi connectivity index (χ2n) is 12.1. The molecule has 7 rings (SSSR count). The third-order valence-electron chi connectivity index (χ3n) is 8.82. The Hall–Kier alpha value is -4.65. The van der Waals surface area contributed by atoms with Gasteiger partial charge in [-0.3, -0.25) is 0 Å². The van der Waals surface area contributed by atoms with Gasteiger partial charge in [0, 0.05) is 29.3 Å². The fraction of sp³-hybridized carbons (Fsp3) is 0.371. The molecule has 2 atom stereocenters. The SMILES string of the molecule is CC1CCCN(C)C1.COc1nc2c3c(c(Cl)c(-c4ccc(F)c5sc(N)c(C#N)c45)c(F)c3n1)OCCN2[C@H](C)c1cccnc1N.FCF. The molecule has 0 bridgehead atoms. The van der Waals surface area contributed by atoms with Crippen LogP contribution in [-0.2, 0) is 0 Å². The van der Waals surface area contributed by atoms with Crippen LogP contribution >= 0.6 is 22.9 Å². The number of benzene rings is 2. The monoisotopic (exact) mass is 744 g/mol. The topological polar surface area (TPSA) is 139 Å². The van der Waals surface area contributed by atoms with Crippen molar-refractivity contribution in [1.29, 1.82) is 5.26 Å². The highest BCUT2D eigenvalue weighted by molar-refractivity contribution is 7.23. The van der Waals surface area contributed by atoms with E-state index < -0.39 is 18.6 Å². The number of ether oxygens (including phenoxy) is 2. The van der Waals surface area contributed by atoms with E-state index in [-0.39, 0.29) is 72.1 Å². The van der Waals surface area contributed by atoms with Gasteiger partial charge in [0.05, 0.1) is 40.4 Å². The molecule has 0 spiro atoms. The van der Waals surface area contributed by atoms with Crippen molar-refractivity contribution in [3.8, 4) is 29.0 Å². The molecule has 1 saturated heterocycles. The lowest BCUT2D eigenvalue weighted by atomic mass is 9.96. The number of anilines is 3. The lowest BCUT2D eigenvalue weighted by molar-refractivity contribution is 0.221. The fourth-order valence-corrected chi connectivity index (χ4v) is 7.80. The molecule has 270 valence electrons. The molecule has 1 fully saturated rings. The summed E-state index contributed by atoms with van der Waals surface area (Å²) in [6.45, 7) is 5.62. The van der Waals surface area contributed by atoms with Gasteiger partial charge in [0.25, 0.3) is 0 Å². The highest BCUT2D eigenvalue weighted by Gasteiger charge is 2.33. The van der Waals surface area contributed by atoms with Gasteiger partial charge in [0.2, 0.25) is 6.93 Å². The van der Waals surface area contributed by atoms with Crippen LogP contribution in [0.5, 0.6) is 11.8 Å². The van der Waals surface area contributed by atoms with Crippen molar-refractivity contribution in [2.75, 3.05) is 63.7 Å². The molecule has 0 radical (unpaired) electrons. The van der Waals surface area contributed by atoms with Crippen LogP contribution < -0.4 is 25.8 Å². The second kappa shape index (κ2) is 16.1. The van der Waals surface area contributed by atoms with Gasteiger partial charge < -0.3 is 30.7 Å². The zero-order valence-electron chi connectivity index (χ0n) is 28.4. The Morgan fingerprint density at radius 2 is 1.92 bits per heavy atom. The van der Waals surface area contributed by atoms with Crippen LogP contribution in [0.25, 0.3) is 32.1 Å². The number of nitrogen functional groups attached to an aromatic ring is 2. The van der Waals surface area contributed by atoms with Gasteiger partial charge in [-0.25, -0.2) is 22.5 Å². The van der Waals surface area contributed by atoms with E-state index in [1.807, 2.05) is 24.0 Å². The number of fused-ring (bicyclic) bond motifs is 1. The highest BCUT2D eigenvalue weighted by Crippen LogP contribution is 2.51. The van der Waals surface area contributed by atoms with Gasteiger partial charge in [-0.2, -0.15) is 15.2 Å². The Morgan fingerprint density at radius 1 is 1.18 bits per heavy atom. The van der Waals surface area contributed by atoms with Crippen molar-refractivity contribution >= 4 is 60.6 Å². The van der Waals surface area contributed by atoms with Gasteiger partial charge in [-0.05, 0) is 57.0 Å². The van der Waals surface area contributed by atoms with Crippen molar-refractivity contribution in [1.82, 2.24) is 19.9 Å². The van der Waals surface area contributed by atoms with Crippen LogP contribution in [0.15, 0.2) is 30.5 Å². The Labute approximate surface area is 301 Å². The predicted octanol–water partition coefficient (Wildman–Crippen LogP) is 8.07. The number of likely N-dealkylation sites (tertiary alicyclic amines) is 1. The summed E-state index contributed by atoms with van der Waals surface area (Å²) in [6.07, 6.45) is 4.43. The predicted molar refractivity (Wildman–Crippen MR) is 194 cm³/mol. The maximum atomic E-state index is 16.6. The largest absolute Gasteiger partial charge is 0.489 e. The van der Waals surface area contributed by atoms with Crippen LogP contribution in [0.2, 0.25) is 5.02 Å². The summed E-state index contributed by atoms with van der Waals surface area (Å²) >= 11 is 7.79. The van der Waals surface area contributed by atoms with Gasteiger partial charge >= 0.3 is 6.01 Å². The van der Waals surface area contributed by atoms with Crippen molar-refractivity contribution in [2.24, 2.45) is 5.92 Å². The van der Waals surface area contributed by atoms with E-state index in [1.54, 1.807) is 12.3 Å². The average molecular weight is 745 g/mol. The lowest BCUT2D eigenvalue weighted by Crippen LogP contribution is -2.31. The number of aromatic nitrogens is 3. The van der Waals surface area contributed by atoms with E-state index in [0.29, 0.717) is 18.2 Å². The van der Waals surface area contributed by atoms with Crippen molar-refractivity contribution in [3.63, 3.8) is 0 Å². The molecular formula is C35H37ClF4N8O2S. The molecule has 4 N–H and O–H groups in total. The summed E-state index contributed by atoms with van der Waals surface area (Å²) in [7, 11) is 3.58. The Balaban J connectivity index is 0.000000396. The summed E-state index contributed by atoms with van der Waals surface area (Å²) in [4.78, 5) is 17.4. The second-order valence-corrected chi connectivity index (χ2v) is 13.6. The molecule has 2 aromatic carbocycles. The first kappa shape index (κ1) is 37.6. The third kappa shape index (κ3) is 7.40. The summed E-state index contributed by atoms with van der Waals surface area (Å²) in [6, 6.07) is 7.76. The zero-order chi connectivity index (χ0) is 37.0. The number of nitriles is 1.